The number of amides is 1. The quantitative estimate of drug-likeness (QED) is 0.673. The lowest BCUT2D eigenvalue weighted by atomic mass is 9.63. The van der Waals surface area contributed by atoms with Crippen LogP contribution < -0.4 is 11.1 Å². The number of aromatic nitrogens is 3. The highest BCUT2D eigenvalue weighted by atomic mass is 32.2. The molecular weight excluding hydrogens is 386 g/mol. The van der Waals surface area contributed by atoms with Gasteiger partial charge in [-0.1, -0.05) is 30.7 Å². The van der Waals surface area contributed by atoms with Gasteiger partial charge in [0.15, 0.2) is 0 Å². The van der Waals surface area contributed by atoms with Crippen LogP contribution in [0.15, 0.2) is 60.0 Å². The van der Waals surface area contributed by atoms with Crippen molar-refractivity contribution in [3.05, 3.63) is 60.6 Å². The zero-order chi connectivity index (χ0) is 20.4. The molecule has 1 aromatic carbocycles. The van der Waals surface area contributed by atoms with E-state index in [4.69, 9.17) is 5.73 Å². The molecule has 0 spiro atoms. The molecule has 7 nitrogen and oxygen atoms in total. The minimum absolute atomic E-state index is 0.0421. The van der Waals surface area contributed by atoms with Gasteiger partial charge in [0.2, 0.25) is 11.9 Å². The standard InChI is InChI=1S/C21H21N5O2S/c1-29(28)18-8-7-17(13-23-18)26-19(27)21(9-2-10-21)16-5-3-14(4-6-16)15-11-24-20(22)25-12-15/h3-8,11-13H,2,9-10H2,1H3,(H,26,27)(H2,22,24,25). The third-order valence-electron chi connectivity index (χ3n) is 5.37. The highest BCUT2D eigenvalue weighted by Crippen LogP contribution is 2.45. The molecule has 0 saturated heterocycles. The molecule has 2 aromatic heterocycles. The fourth-order valence-electron chi connectivity index (χ4n) is 3.52. The molecule has 3 N–H and O–H groups in total. The predicted octanol–water partition coefficient (Wildman–Crippen LogP) is 2.92. The Morgan fingerprint density at radius 1 is 1.00 bits per heavy atom. The molecule has 4 rings (SSSR count). The van der Waals surface area contributed by atoms with Crippen molar-refractivity contribution in [2.75, 3.05) is 17.3 Å². The highest BCUT2D eigenvalue weighted by molar-refractivity contribution is 7.84. The van der Waals surface area contributed by atoms with Crippen molar-refractivity contribution in [3.63, 3.8) is 0 Å². The Labute approximate surface area is 171 Å². The first-order chi connectivity index (χ1) is 14.0. The number of carbonyl (C=O) groups excluding carboxylic acids is 1. The number of hydrogen-bond donors (Lipinski definition) is 2. The number of benzene rings is 1. The van der Waals surface area contributed by atoms with Crippen LogP contribution in [0.3, 0.4) is 0 Å². The highest BCUT2D eigenvalue weighted by Gasteiger charge is 2.45. The summed E-state index contributed by atoms with van der Waals surface area (Å²) in [5.74, 6) is 0.197. The smallest absolute Gasteiger partial charge is 0.235 e. The van der Waals surface area contributed by atoms with Crippen molar-refractivity contribution >= 4 is 28.3 Å². The number of carbonyl (C=O) groups is 1. The van der Waals surface area contributed by atoms with E-state index >= 15 is 0 Å². The van der Waals surface area contributed by atoms with Crippen molar-refractivity contribution in [3.8, 4) is 11.1 Å². The summed E-state index contributed by atoms with van der Waals surface area (Å²) in [6.45, 7) is 0. The lowest BCUT2D eigenvalue weighted by molar-refractivity contribution is -0.124. The maximum absolute atomic E-state index is 13.1. The van der Waals surface area contributed by atoms with Gasteiger partial charge in [0.05, 0.1) is 28.1 Å². The van der Waals surface area contributed by atoms with E-state index in [2.05, 4.69) is 20.3 Å². The Kier molecular flexibility index (Phi) is 5.10. The summed E-state index contributed by atoms with van der Waals surface area (Å²) in [7, 11) is -1.15. The van der Waals surface area contributed by atoms with E-state index in [1.165, 1.54) is 0 Å². The molecule has 148 valence electrons. The molecule has 3 aromatic rings. The van der Waals surface area contributed by atoms with E-state index < -0.39 is 16.2 Å². The van der Waals surface area contributed by atoms with Crippen LogP contribution in [0.5, 0.6) is 0 Å². The average molecular weight is 407 g/mol. The van der Waals surface area contributed by atoms with E-state index in [9.17, 15) is 9.00 Å². The van der Waals surface area contributed by atoms with E-state index in [-0.39, 0.29) is 11.9 Å². The van der Waals surface area contributed by atoms with Gasteiger partial charge >= 0.3 is 0 Å². The molecule has 0 bridgehead atoms. The lowest BCUT2D eigenvalue weighted by Crippen LogP contribution is -2.46. The van der Waals surface area contributed by atoms with Crippen molar-refractivity contribution in [1.82, 2.24) is 15.0 Å². The summed E-state index contributed by atoms with van der Waals surface area (Å²) in [5.41, 5.74) is 8.44. The number of nitrogens with one attached hydrogen (secondary N) is 1. The Morgan fingerprint density at radius 2 is 1.69 bits per heavy atom. The van der Waals surface area contributed by atoms with Gasteiger partial charge in [-0.05, 0) is 36.1 Å². The molecule has 1 fully saturated rings. The average Bonchev–Trinajstić information content (AvgIpc) is 2.69. The normalized spacial score (nSPS) is 15.9. The Balaban J connectivity index is 1.54. The fourth-order valence-corrected chi connectivity index (χ4v) is 3.98. The molecule has 1 saturated carbocycles. The summed E-state index contributed by atoms with van der Waals surface area (Å²) >= 11 is 0. The van der Waals surface area contributed by atoms with Gasteiger partial charge in [-0.15, -0.1) is 0 Å². The number of pyridine rings is 1. The van der Waals surface area contributed by atoms with Gasteiger partial charge in [-0.3, -0.25) is 9.00 Å². The number of nitrogens with two attached hydrogens (primary N) is 1. The first kappa shape index (κ1) is 19.2. The Hall–Kier alpha value is -3.13. The van der Waals surface area contributed by atoms with Crippen molar-refractivity contribution in [1.29, 1.82) is 0 Å². The second kappa shape index (κ2) is 7.71. The molecule has 0 radical (unpaired) electrons. The summed E-state index contributed by atoms with van der Waals surface area (Å²) in [5, 5.41) is 3.46. The maximum Gasteiger partial charge on any atom is 0.235 e. The molecule has 8 heteroatoms. The van der Waals surface area contributed by atoms with Gasteiger partial charge in [-0.2, -0.15) is 0 Å². The Morgan fingerprint density at radius 3 is 2.21 bits per heavy atom. The summed E-state index contributed by atoms with van der Waals surface area (Å²) in [6.07, 6.45) is 9.09. The van der Waals surface area contributed by atoms with Crippen LogP contribution in [-0.2, 0) is 21.0 Å². The van der Waals surface area contributed by atoms with Crippen LogP contribution in [0.4, 0.5) is 11.6 Å². The zero-order valence-corrected chi connectivity index (χ0v) is 16.8. The van der Waals surface area contributed by atoms with Gasteiger partial charge in [0.1, 0.15) is 5.03 Å². The van der Waals surface area contributed by atoms with E-state index in [1.807, 2.05) is 24.3 Å². The van der Waals surface area contributed by atoms with Crippen LogP contribution in [0.1, 0.15) is 24.8 Å². The molecule has 2 heterocycles. The molecule has 1 amide bonds. The third kappa shape index (κ3) is 3.75. The number of hydrogen-bond acceptors (Lipinski definition) is 6. The van der Waals surface area contributed by atoms with Crippen molar-refractivity contribution in [2.24, 2.45) is 0 Å². The number of rotatable bonds is 5. The number of nitrogens with zero attached hydrogens (tertiary/aromatic N) is 3. The molecule has 29 heavy (non-hydrogen) atoms. The largest absolute Gasteiger partial charge is 0.368 e. The van der Waals surface area contributed by atoms with Gasteiger partial charge in [0.25, 0.3) is 0 Å². The summed E-state index contributed by atoms with van der Waals surface area (Å²) in [4.78, 5) is 25.3. The fraction of sp³-hybridized carbons (Fsp3) is 0.238. The Bertz CT molecular complexity index is 1050. The van der Waals surface area contributed by atoms with Gasteiger partial charge in [0, 0.05) is 24.2 Å². The molecular formula is C21H21N5O2S. The van der Waals surface area contributed by atoms with E-state index in [1.54, 1.807) is 37.0 Å². The molecule has 0 aliphatic heterocycles. The minimum atomic E-state index is -1.15. The monoisotopic (exact) mass is 407 g/mol. The minimum Gasteiger partial charge on any atom is -0.368 e. The zero-order valence-electron chi connectivity index (χ0n) is 16.0. The molecule has 1 aliphatic carbocycles. The van der Waals surface area contributed by atoms with Gasteiger partial charge < -0.3 is 11.1 Å². The van der Waals surface area contributed by atoms with Crippen LogP contribution in [0.25, 0.3) is 11.1 Å². The summed E-state index contributed by atoms with van der Waals surface area (Å²) in [6, 6.07) is 11.3. The topological polar surface area (TPSA) is 111 Å². The third-order valence-corrected chi connectivity index (χ3v) is 6.20. The van der Waals surface area contributed by atoms with Gasteiger partial charge in [-0.25, -0.2) is 15.0 Å². The van der Waals surface area contributed by atoms with E-state index in [0.29, 0.717) is 10.7 Å². The predicted molar refractivity (Wildman–Crippen MR) is 113 cm³/mol. The lowest BCUT2D eigenvalue weighted by Gasteiger charge is -2.40. The van der Waals surface area contributed by atoms with Crippen LogP contribution in [0.2, 0.25) is 0 Å². The van der Waals surface area contributed by atoms with Crippen molar-refractivity contribution in [2.45, 2.75) is 29.7 Å². The first-order valence-corrected chi connectivity index (χ1v) is 10.8. The first-order valence-electron chi connectivity index (χ1n) is 9.27. The van der Waals surface area contributed by atoms with Crippen molar-refractivity contribution < 1.29 is 9.00 Å². The maximum atomic E-state index is 13.1. The number of anilines is 2. The second-order valence-electron chi connectivity index (χ2n) is 7.14. The second-order valence-corrected chi connectivity index (χ2v) is 8.46. The summed E-state index contributed by atoms with van der Waals surface area (Å²) < 4.78 is 11.5. The molecule has 1 atom stereocenters. The molecule has 1 unspecified atom stereocenters. The van der Waals surface area contributed by atoms with Crippen LogP contribution >= 0.6 is 0 Å². The number of nitrogen functional groups attached to an aromatic ring is 1. The SMILES string of the molecule is CS(=O)c1ccc(NC(=O)C2(c3ccc(-c4cnc(N)nc4)cc3)CCC2)cn1. The molecule has 1 aliphatic rings. The van der Waals surface area contributed by atoms with Crippen LogP contribution in [-0.4, -0.2) is 31.3 Å². The van der Waals surface area contributed by atoms with E-state index in [0.717, 1.165) is 36.0 Å². The van der Waals surface area contributed by atoms with Crippen LogP contribution in [0, 0.1) is 0 Å².